The van der Waals surface area contributed by atoms with Gasteiger partial charge < -0.3 is 25.8 Å². The van der Waals surface area contributed by atoms with Gasteiger partial charge in [0, 0.05) is 37.7 Å². The Bertz CT molecular complexity index is 811. The molecular weight excluding hydrogens is 471 g/mol. The van der Waals surface area contributed by atoms with Crippen LogP contribution in [0.4, 0.5) is 0 Å². The molecule has 1 heterocycles. The second-order valence-corrected chi connectivity index (χ2v) is 6.17. The van der Waals surface area contributed by atoms with Gasteiger partial charge in [-0.05, 0) is 30.3 Å². The van der Waals surface area contributed by atoms with Crippen molar-refractivity contribution >= 4 is 35.8 Å². The second-order valence-electron chi connectivity index (χ2n) is 6.17. The molecule has 0 radical (unpaired) electrons. The quantitative estimate of drug-likeness (QED) is 0.221. The molecule has 28 heavy (non-hydrogen) atoms. The molecule has 0 bridgehead atoms. The summed E-state index contributed by atoms with van der Waals surface area (Å²) >= 11 is 0. The number of rotatable bonds is 5. The van der Waals surface area contributed by atoms with Crippen LogP contribution in [-0.4, -0.2) is 43.7 Å². The number of guanidine groups is 1. The Balaban J connectivity index is 0.00000280. The van der Waals surface area contributed by atoms with E-state index < -0.39 is 0 Å². The number of aromatic hydroxyl groups is 1. The molecule has 8 heteroatoms. The van der Waals surface area contributed by atoms with Crippen LogP contribution in [0.25, 0.3) is 0 Å². The van der Waals surface area contributed by atoms with E-state index in [0.717, 1.165) is 17.7 Å². The Morgan fingerprint density at radius 3 is 2.61 bits per heavy atom. The molecule has 0 aliphatic carbocycles. The Labute approximate surface area is 181 Å². The molecule has 1 aliphatic rings. The number of nitrogens with one attached hydrogen (secondary N) is 3. The molecule has 1 amide bonds. The van der Waals surface area contributed by atoms with Crippen molar-refractivity contribution in [2.75, 3.05) is 26.7 Å². The molecule has 0 saturated heterocycles. The molecule has 2 aromatic rings. The first-order valence-electron chi connectivity index (χ1n) is 8.93. The van der Waals surface area contributed by atoms with Gasteiger partial charge in [-0.2, -0.15) is 0 Å². The topological polar surface area (TPSA) is 95.0 Å². The van der Waals surface area contributed by atoms with Crippen molar-refractivity contribution in [3.8, 4) is 11.5 Å². The lowest BCUT2D eigenvalue weighted by atomic mass is 10.0. The SMILES string of the molecule is CN=C(NCCNC(=O)c1ccc(O)cc1)NC1CCOc2ccccc21.I. The molecule has 0 aromatic heterocycles. The number of aliphatic imine (C=N–C) groups is 1. The number of benzene rings is 2. The number of hydrogen-bond acceptors (Lipinski definition) is 4. The van der Waals surface area contributed by atoms with Crippen molar-refractivity contribution in [1.82, 2.24) is 16.0 Å². The monoisotopic (exact) mass is 496 g/mol. The second kappa shape index (κ2) is 10.7. The minimum Gasteiger partial charge on any atom is -0.508 e. The lowest BCUT2D eigenvalue weighted by Gasteiger charge is -2.28. The first-order valence-corrected chi connectivity index (χ1v) is 8.93. The van der Waals surface area contributed by atoms with Gasteiger partial charge >= 0.3 is 0 Å². The van der Waals surface area contributed by atoms with Crippen LogP contribution in [0.2, 0.25) is 0 Å². The average molecular weight is 496 g/mol. The number of nitrogens with zero attached hydrogens (tertiary/aromatic N) is 1. The van der Waals surface area contributed by atoms with E-state index in [1.165, 1.54) is 12.1 Å². The summed E-state index contributed by atoms with van der Waals surface area (Å²) < 4.78 is 5.68. The van der Waals surface area contributed by atoms with Crippen molar-refractivity contribution in [2.45, 2.75) is 12.5 Å². The summed E-state index contributed by atoms with van der Waals surface area (Å²) in [5.74, 6) is 1.53. The highest BCUT2D eigenvalue weighted by molar-refractivity contribution is 14.0. The number of hydrogen-bond donors (Lipinski definition) is 4. The minimum atomic E-state index is -0.182. The zero-order valence-electron chi connectivity index (χ0n) is 15.6. The third-order valence-corrected chi connectivity index (χ3v) is 4.33. The number of carbonyl (C=O) groups is 1. The summed E-state index contributed by atoms with van der Waals surface area (Å²) in [6.45, 7) is 1.65. The first kappa shape index (κ1) is 21.8. The van der Waals surface area contributed by atoms with Crippen LogP contribution in [-0.2, 0) is 0 Å². The maximum atomic E-state index is 12.0. The Hall–Kier alpha value is -2.49. The van der Waals surface area contributed by atoms with Crippen LogP contribution >= 0.6 is 24.0 Å². The summed E-state index contributed by atoms with van der Waals surface area (Å²) in [5, 5.41) is 18.7. The number of phenolic OH excluding ortho intramolecular Hbond substituents is 1. The van der Waals surface area contributed by atoms with Crippen molar-refractivity contribution in [2.24, 2.45) is 4.99 Å². The van der Waals surface area contributed by atoms with Gasteiger partial charge in [0.25, 0.3) is 5.91 Å². The van der Waals surface area contributed by atoms with Crippen LogP contribution in [0.5, 0.6) is 11.5 Å². The van der Waals surface area contributed by atoms with Crippen LogP contribution in [0.1, 0.15) is 28.4 Å². The van der Waals surface area contributed by atoms with Crippen LogP contribution in [0.3, 0.4) is 0 Å². The molecule has 3 rings (SSSR count). The van der Waals surface area contributed by atoms with Crippen LogP contribution in [0, 0.1) is 0 Å². The predicted octanol–water partition coefficient (Wildman–Crippen LogP) is 2.43. The van der Waals surface area contributed by atoms with Gasteiger partial charge in [-0.1, -0.05) is 18.2 Å². The highest BCUT2D eigenvalue weighted by Crippen LogP contribution is 2.31. The molecular formula is C20H25IN4O3. The first-order chi connectivity index (χ1) is 13.2. The largest absolute Gasteiger partial charge is 0.508 e. The lowest BCUT2D eigenvalue weighted by Crippen LogP contribution is -2.43. The summed E-state index contributed by atoms with van der Waals surface area (Å²) in [7, 11) is 1.72. The maximum absolute atomic E-state index is 12.0. The molecule has 0 fully saturated rings. The third-order valence-electron chi connectivity index (χ3n) is 4.33. The molecule has 4 N–H and O–H groups in total. The molecule has 2 aromatic carbocycles. The molecule has 150 valence electrons. The summed E-state index contributed by atoms with van der Waals surface area (Å²) in [5.41, 5.74) is 1.63. The standard InChI is InChI=1S/C20H24N4O3.HI/c1-21-20(24-17-10-13-27-18-5-3-2-4-16(17)18)23-12-11-22-19(26)14-6-8-15(25)9-7-14;/h2-9,17,25H,10-13H2,1H3,(H,22,26)(H2,21,23,24);1H. The highest BCUT2D eigenvalue weighted by Gasteiger charge is 2.21. The van der Waals surface area contributed by atoms with Crippen molar-refractivity contribution in [3.05, 3.63) is 59.7 Å². The van der Waals surface area contributed by atoms with Gasteiger partial charge in [-0.3, -0.25) is 9.79 Å². The molecule has 0 saturated carbocycles. The van der Waals surface area contributed by atoms with E-state index in [4.69, 9.17) is 4.74 Å². The Morgan fingerprint density at radius 1 is 1.14 bits per heavy atom. The number of phenols is 1. The molecule has 1 aliphatic heterocycles. The van der Waals surface area contributed by atoms with Gasteiger partial charge in [-0.15, -0.1) is 24.0 Å². The summed E-state index contributed by atoms with van der Waals surface area (Å²) in [6, 6.07) is 14.3. The van der Waals surface area contributed by atoms with E-state index in [1.54, 1.807) is 19.2 Å². The van der Waals surface area contributed by atoms with Gasteiger partial charge in [0.15, 0.2) is 5.96 Å². The molecule has 7 nitrogen and oxygen atoms in total. The van der Waals surface area contributed by atoms with Gasteiger partial charge in [0.05, 0.1) is 12.6 Å². The fraction of sp³-hybridized carbons (Fsp3) is 0.300. The zero-order valence-corrected chi connectivity index (χ0v) is 18.0. The van der Waals surface area contributed by atoms with Gasteiger partial charge in [-0.25, -0.2) is 0 Å². The molecule has 1 unspecified atom stereocenters. The van der Waals surface area contributed by atoms with Crippen molar-refractivity contribution in [1.29, 1.82) is 0 Å². The lowest BCUT2D eigenvalue weighted by molar-refractivity contribution is 0.0954. The van der Waals surface area contributed by atoms with E-state index in [9.17, 15) is 9.90 Å². The molecule has 0 spiro atoms. The van der Waals surface area contributed by atoms with Crippen molar-refractivity contribution < 1.29 is 14.6 Å². The van der Waals surface area contributed by atoms with Crippen LogP contribution < -0.4 is 20.7 Å². The van der Waals surface area contributed by atoms with Gasteiger partial charge in [0.2, 0.25) is 0 Å². The third kappa shape index (κ3) is 5.75. The van der Waals surface area contributed by atoms with Gasteiger partial charge in [0.1, 0.15) is 11.5 Å². The minimum absolute atomic E-state index is 0. The molecule has 1 atom stereocenters. The maximum Gasteiger partial charge on any atom is 0.251 e. The fourth-order valence-electron chi connectivity index (χ4n) is 2.92. The summed E-state index contributed by atoms with van der Waals surface area (Å²) in [4.78, 5) is 16.3. The van der Waals surface area contributed by atoms with E-state index in [-0.39, 0.29) is 41.7 Å². The predicted molar refractivity (Wildman–Crippen MR) is 120 cm³/mol. The number of para-hydroxylation sites is 1. The van der Waals surface area contributed by atoms with E-state index in [0.29, 0.717) is 31.2 Å². The van der Waals surface area contributed by atoms with E-state index in [2.05, 4.69) is 27.0 Å². The number of halogens is 1. The Kier molecular flexibility index (Phi) is 8.37. The van der Waals surface area contributed by atoms with E-state index in [1.807, 2.05) is 18.2 Å². The summed E-state index contributed by atoms with van der Waals surface area (Å²) in [6.07, 6.45) is 0.856. The normalized spacial score (nSPS) is 15.5. The highest BCUT2D eigenvalue weighted by atomic mass is 127. The smallest absolute Gasteiger partial charge is 0.251 e. The number of amides is 1. The number of fused-ring (bicyclic) bond motifs is 1. The van der Waals surface area contributed by atoms with Crippen LogP contribution in [0.15, 0.2) is 53.5 Å². The number of carbonyl (C=O) groups excluding carboxylic acids is 1. The van der Waals surface area contributed by atoms with Crippen molar-refractivity contribution in [3.63, 3.8) is 0 Å². The number of ether oxygens (including phenoxy) is 1. The van der Waals surface area contributed by atoms with E-state index >= 15 is 0 Å². The Morgan fingerprint density at radius 2 is 1.86 bits per heavy atom. The fourth-order valence-corrected chi connectivity index (χ4v) is 2.92. The average Bonchev–Trinajstić information content (AvgIpc) is 2.70. The zero-order chi connectivity index (χ0) is 19.1.